The molecule has 19 heteroatoms. The highest BCUT2D eigenvalue weighted by molar-refractivity contribution is 6.01. The van der Waals surface area contributed by atoms with Crippen LogP contribution in [0.4, 0.5) is 33.2 Å². The fourth-order valence-electron chi connectivity index (χ4n) is 4.76. The van der Waals surface area contributed by atoms with E-state index in [4.69, 9.17) is 14.2 Å². The van der Waals surface area contributed by atoms with Gasteiger partial charge in [-0.1, -0.05) is 60.7 Å². The predicted octanol–water partition coefficient (Wildman–Crippen LogP) is 5.25. The van der Waals surface area contributed by atoms with Crippen molar-refractivity contribution in [3.63, 3.8) is 0 Å². The van der Waals surface area contributed by atoms with Crippen LogP contribution in [0.2, 0.25) is 0 Å². The molecule has 0 aliphatic heterocycles. The van der Waals surface area contributed by atoms with Crippen LogP contribution in [-0.2, 0) is 32.2 Å². The number of aliphatic hydroxyl groups excluding tert-OH is 1. The first kappa shape index (κ1) is 44.4. The van der Waals surface area contributed by atoms with E-state index in [9.17, 15) is 42.3 Å². The van der Waals surface area contributed by atoms with Crippen LogP contribution in [0.15, 0.2) is 76.6 Å². The van der Waals surface area contributed by atoms with Gasteiger partial charge in [-0.25, -0.2) is 19.4 Å². The number of alkyl carbamates (subject to hydrolysis) is 2. The minimum Gasteiger partial charge on any atom is -0.444 e. The molecule has 3 rings (SSSR count). The second kappa shape index (κ2) is 19.6. The first-order chi connectivity index (χ1) is 26.1. The molecule has 2 aromatic carbocycles. The zero-order valence-electron chi connectivity index (χ0n) is 31.7. The van der Waals surface area contributed by atoms with Crippen LogP contribution in [0.25, 0.3) is 11.4 Å². The molecule has 3 aromatic rings. The Bertz CT molecular complexity index is 1860. The van der Waals surface area contributed by atoms with Crippen LogP contribution in [-0.4, -0.2) is 80.9 Å². The lowest BCUT2D eigenvalue weighted by atomic mass is 10.0. The van der Waals surface area contributed by atoms with Gasteiger partial charge in [0.2, 0.25) is 11.9 Å². The maximum absolute atomic E-state index is 13.8. The number of amides is 4. The molecule has 0 bridgehead atoms. The van der Waals surface area contributed by atoms with Gasteiger partial charge >= 0.3 is 24.5 Å². The minimum absolute atomic E-state index is 0.0429. The summed E-state index contributed by atoms with van der Waals surface area (Å²) in [5.74, 6) is -1.58. The lowest BCUT2D eigenvalue weighted by Crippen LogP contribution is -2.51. The number of aliphatic imine (C=N–C) groups is 1. The average Bonchev–Trinajstić information content (AvgIpc) is 3.08. The summed E-state index contributed by atoms with van der Waals surface area (Å²) in [6.07, 6.45) is -10.8. The summed E-state index contributed by atoms with van der Waals surface area (Å²) in [5.41, 5.74) is -2.10. The normalized spacial score (nSPS) is 12.7. The van der Waals surface area contributed by atoms with E-state index in [2.05, 4.69) is 31.2 Å². The number of anilines is 1. The summed E-state index contributed by atoms with van der Waals surface area (Å²) >= 11 is 0. The largest absolute Gasteiger partial charge is 0.444 e. The Kier molecular flexibility index (Phi) is 15.5. The third-order valence-corrected chi connectivity index (χ3v) is 7.08. The molecule has 0 aliphatic rings. The zero-order chi connectivity index (χ0) is 41.7. The van der Waals surface area contributed by atoms with Crippen molar-refractivity contribution in [1.29, 1.82) is 0 Å². The van der Waals surface area contributed by atoms with Gasteiger partial charge < -0.3 is 24.6 Å². The molecule has 0 saturated carbocycles. The molecule has 0 spiro atoms. The predicted molar refractivity (Wildman–Crippen MR) is 198 cm³/mol. The fraction of sp³-hybridized carbons (Fsp3) is 0.432. The van der Waals surface area contributed by atoms with Gasteiger partial charge in [-0.3, -0.25) is 35.1 Å². The number of hydrogen-bond acceptors (Lipinski definition) is 11. The molecule has 16 nitrogen and oxygen atoms in total. The van der Waals surface area contributed by atoms with E-state index < -0.39 is 78.2 Å². The summed E-state index contributed by atoms with van der Waals surface area (Å²) in [5, 5.41) is 19.1. The number of carbonyl (C=O) groups excluding carboxylic acids is 4. The molecule has 2 unspecified atom stereocenters. The summed E-state index contributed by atoms with van der Waals surface area (Å²) in [7, 11) is 0. The smallest absolute Gasteiger partial charge is 0.416 e. The van der Waals surface area contributed by atoms with E-state index >= 15 is 0 Å². The number of nitrogens with one attached hydrogen (secondary N) is 4. The van der Waals surface area contributed by atoms with Gasteiger partial charge in [-0.05, 0) is 59.9 Å². The first-order valence-corrected chi connectivity index (χ1v) is 17.3. The van der Waals surface area contributed by atoms with Crippen molar-refractivity contribution in [3.05, 3.63) is 82.8 Å². The fourth-order valence-corrected chi connectivity index (χ4v) is 4.76. The van der Waals surface area contributed by atoms with Gasteiger partial charge in [0.25, 0.3) is 5.56 Å². The van der Waals surface area contributed by atoms with Crippen LogP contribution in [0, 0.1) is 0 Å². The van der Waals surface area contributed by atoms with Crippen molar-refractivity contribution in [2.24, 2.45) is 4.99 Å². The first-order valence-electron chi connectivity index (χ1n) is 17.3. The Balaban J connectivity index is 1.81. The number of aromatic nitrogens is 2. The number of carbonyl (C=O) groups is 4. The summed E-state index contributed by atoms with van der Waals surface area (Å²) in [6, 6.07) is 14.9. The second-order valence-corrected chi connectivity index (χ2v) is 14.2. The van der Waals surface area contributed by atoms with E-state index in [1.165, 1.54) is 0 Å². The lowest BCUT2D eigenvalue weighted by Gasteiger charge is -2.26. The van der Waals surface area contributed by atoms with Crippen LogP contribution < -0.4 is 26.8 Å². The molecule has 1 aromatic heterocycles. The van der Waals surface area contributed by atoms with Crippen molar-refractivity contribution in [2.75, 3.05) is 11.9 Å². The quantitative estimate of drug-likeness (QED) is 0.0696. The van der Waals surface area contributed by atoms with Crippen LogP contribution in [0.5, 0.6) is 0 Å². The summed E-state index contributed by atoms with van der Waals surface area (Å²) < 4.78 is 57.8. The zero-order valence-corrected chi connectivity index (χ0v) is 31.7. The van der Waals surface area contributed by atoms with Gasteiger partial charge in [0.15, 0.2) is 6.10 Å². The van der Waals surface area contributed by atoms with Gasteiger partial charge in [0, 0.05) is 12.1 Å². The highest BCUT2D eigenvalue weighted by Gasteiger charge is 2.44. The Morgan fingerprint density at radius 2 is 1.41 bits per heavy atom. The van der Waals surface area contributed by atoms with E-state index in [0.29, 0.717) is 11.1 Å². The molecule has 0 saturated heterocycles. The van der Waals surface area contributed by atoms with Crippen molar-refractivity contribution < 1.29 is 51.7 Å². The molecule has 4 amide bonds. The molecule has 0 radical (unpaired) electrons. The van der Waals surface area contributed by atoms with Gasteiger partial charge in [0.1, 0.15) is 35.9 Å². The van der Waals surface area contributed by atoms with E-state index in [1.54, 1.807) is 102 Å². The molecule has 1 heterocycles. The number of benzene rings is 2. The van der Waals surface area contributed by atoms with E-state index in [-0.39, 0.29) is 31.1 Å². The molecule has 5 N–H and O–H groups in total. The molecule has 2 atom stereocenters. The third kappa shape index (κ3) is 15.4. The molecule has 304 valence electrons. The Morgan fingerprint density at radius 3 is 1.95 bits per heavy atom. The number of alkyl halides is 3. The number of rotatable bonds is 12. The highest BCUT2D eigenvalue weighted by atomic mass is 19.4. The number of nitrogens with zero attached hydrogens (tertiary/aromatic N) is 3. The number of aliphatic hydroxyl groups is 1. The number of ether oxygens (including phenoxy) is 3. The van der Waals surface area contributed by atoms with E-state index in [1.807, 2.05) is 0 Å². The SMILES string of the molecule is CC(C)(C)OC(=O)NC(=NCCCC(NC(=O)Cn1c(-c2ccccc2)ncc(NC(=O)OCc2ccccc2)c1=O)C(O)C(F)(F)F)NC(=O)OC(C)(C)C. The Labute approximate surface area is 320 Å². The van der Waals surface area contributed by atoms with Crippen molar-refractivity contribution in [1.82, 2.24) is 25.5 Å². The molecule has 0 fully saturated rings. The summed E-state index contributed by atoms with van der Waals surface area (Å²) in [6.45, 7) is 8.28. The Morgan fingerprint density at radius 1 is 0.857 bits per heavy atom. The standard InChI is InChI=1S/C37H46F3N7O9/c1-35(2,3)55-33(52)45-31(46-34(53)56-36(4,5)6)41-19-13-18-25(28(49)37(38,39)40)43-27(48)21-47-29(24-16-11-8-12-17-24)42-20-26(30(47)50)44-32(51)54-22-23-14-9-7-10-15-23/h7-12,14-17,20,25,28,49H,13,18-19,21-22H2,1-6H3,(H,43,48)(H,44,51)(H2,41,45,46,52,53). The van der Waals surface area contributed by atoms with Crippen LogP contribution in [0.1, 0.15) is 59.9 Å². The molecular formula is C37H46F3N7O9. The summed E-state index contributed by atoms with van der Waals surface area (Å²) in [4.78, 5) is 72.5. The number of guanidine groups is 1. The highest BCUT2D eigenvalue weighted by Crippen LogP contribution is 2.25. The van der Waals surface area contributed by atoms with Crippen LogP contribution in [0.3, 0.4) is 0 Å². The minimum atomic E-state index is -5.17. The van der Waals surface area contributed by atoms with Crippen LogP contribution >= 0.6 is 0 Å². The Hall–Kier alpha value is -5.98. The van der Waals surface area contributed by atoms with Crippen molar-refractivity contribution >= 4 is 35.8 Å². The maximum Gasteiger partial charge on any atom is 0.416 e. The third-order valence-electron chi connectivity index (χ3n) is 7.08. The second-order valence-electron chi connectivity index (χ2n) is 14.2. The molecule has 56 heavy (non-hydrogen) atoms. The number of hydrogen-bond donors (Lipinski definition) is 5. The van der Waals surface area contributed by atoms with Crippen molar-refractivity contribution in [3.8, 4) is 11.4 Å². The van der Waals surface area contributed by atoms with Gasteiger partial charge in [-0.15, -0.1) is 0 Å². The number of halogens is 3. The maximum atomic E-state index is 13.8. The average molecular weight is 790 g/mol. The molecular weight excluding hydrogens is 743 g/mol. The lowest BCUT2D eigenvalue weighted by molar-refractivity contribution is -0.212. The monoisotopic (exact) mass is 789 g/mol. The topological polar surface area (TPSA) is 212 Å². The van der Waals surface area contributed by atoms with Gasteiger partial charge in [0.05, 0.1) is 12.2 Å². The molecule has 0 aliphatic carbocycles. The van der Waals surface area contributed by atoms with Gasteiger partial charge in [-0.2, -0.15) is 13.2 Å². The van der Waals surface area contributed by atoms with E-state index in [0.717, 1.165) is 10.8 Å². The van der Waals surface area contributed by atoms with Crippen molar-refractivity contribution in [2.45, 2.75) is 97.1 Å².